The Labute approximate surface area is 243 Å². The minimum Gasteiger partial charge on any atom is -0.457 e. The number of urea groups is 1. The number of anilines is 1. The van der Waals surface area contributed by atoms with E-state index in [-0.39, 0.29) is 13.2 Å². The number of rotatable bonds is 13. The monoisotopic (exact) mass is 577 g/mol. The molecule has 0 bridgehead atoms. The van der Waals surface area contributed by atoms with Gasteiger partial charge in [-0.1, -0.05) is 62.9 Å². The molecule has 2 amide bonds. The summed E-state index contributed by atoms with van der Waals surface area (Å²) in [7, 11) is 0. The van der Waals surface area contributed by atoms with E-state index in [2.05, 4.69) is 12.2 Å². The third kappa shape index (κ3) is 8.25. The van der Waals surface area contributed by atoms with Gasteiger partial charge in [-0.05, 0) is 48.4 Å². The molecule has 0 unspecified atom stereocenters. The van der Waals surface area contributed by atoms with E-state index in [9.17, 15) is 22.8 Å². The second-order valence-corrected chi connectivity index (χ2v) is 9.99. The Bertz CT molecular complexity index is 1450. The third-order valence-corrected chi connectivity index (χ3v) is 6.84. The number of hydrogen-bond acceptors (Lipinski definition) is 3. The highest BCUT2D eigenvalue weighted by atomic mass is 19.1. The van der Waals surface area contributed by atoms with Crippen molar-refractivity contribution in [2.45, 2.75) is 52.2 Å². The van der Waals surface area contributed by atoms with E-state index in [1.807, 2.05) is 53.2 Å². The second kappa shape index (κ2) is 14.9. The van der Waals surface area contributed by atoms with Gasteiger partial charge in [0.15, 0.2) is 11.6 Å². The van der Waals surface area contributed by atoms with Gasteiger partial charge in [0.05, 0.1) is 12.1 Å². The fourth-order valence-electron chi connectivity index (χ4n) is 4.56. The average Bonchev–Trinajstić information content (AvgIpc) is 3.45. The van der Waals surface area contributed by atoms with Crippen LogP contribution in [-0.2, 0) is 17.9 Å². The first kappa shape index (κ1) is 30.4. The van der Waals surface area contributed by atoms with Crippen LogP contribution in [0.3, 0.4) is 0 Å². The fraction of sp³-hybridized carbons (Fsp3) is 0.273. The molecule has 6 nitrogen and oxygen atoms in total. The van der Waals surface area contributed by atoms with Crippen LogP contribution in [0.1, 0.15) is 60.6 Å². The first-order valence-corrected chi connectivity index (χ1v) is 14.0. The molecule has 0 saturated heterocycles. The Kier molecular flexibility index (Phi) is 10.8. The smallest absolute Gasteiger partial charge is 0.338 e. The molecule has 220 valence electrons. The number of carbonyl (C=O) groups is 2. The lowest BCUT2D eigenvalue weighted by molar-refractivity contribution is 0.0472. The molecule has 0 saturated carbocycles. The summed E-state index contributed by atoms with van der Waals surface area (Å²) in [5, 5.41) is 2.28. The van der Waals surface area contributed by atoms with Gasteiger partial charge in [0, 0.05) is 36.3 Å². The van der Waals surface area contributed by atoms with Gasteiger partial charge < -0.3 is 19.5 Å². The Morgan fingerprint density at radius 3 is 2.24 bits per heavy atom. The number of benzene rings is 3. The fourth-order valence-corrected chi connectivity index (χ4v) is 4.56. The Hall–Kier alpha value is -4.53. The van der Waals surface area contributed by atoms with Gasteiger partial charge in [-0.25, -0.2) is 22.8 Å². The lowest BCUT2D eigenvalue weighted by Gasteiger charge is -2.24. The first-order valence-electron chi connectivity index (χ1n) is 14.0. The number of hydrogen-bond donors (Lipinski definition) is 1. The number of aromatic nitrogens is 1. The van der Waals surface area contributed by atoms with Crippen LogP contribution in [0.2, 0.25) is 0 Å². The molecule has 4 rings (SSSR count). The summed E-state index contributed by atoms with van der Waals surface area (Å²) >= 11 is 0. The lowest BCUT2D eigenvalue weighted by atomic mass is 10.1. The van der Waals surface area contributed by atoms with Gasteiger partial charge in [0.2, 0.25) is 0 Å². The van der Waals surface area contributed by atoms with E-state index in [0.29, 0.717) is 30.7 Å². The zero-order valence-electron chi connectivity index (χ0n) is 23.5. The average molecular weight is 578 g/mol. The minimum atomic E-state index is -1.19. The summed E-state index contributed by atoms with van der Waals surface area (Å²) < 4.78 is 49.2. The van der Waals surface area contributed by atoms with Crippen molar-refractivity contribution in [3.05, 3.63) is 119 Å². The number of carbonyl (C=O) groups excluding carboxylic acids is 2. The number of nitrogens with one attached hydrogen (secondary N) is 1. The van der Waals surface area contributed by atoms with E-state index in [0.717, 1.165) is 42.6 Å². The standard InChI is InChI=1S/C33H34F3N3O3/c1-2-3-4-5-9-18-38(33(41)37-31-29(35)20-26(34)21-30(31)36)22-28-13-10-19-39(28)27-16-14-25(15-17-27)32(40)42-23-24-11-7-6-8-12-24/h6-8,10-17,19-21H,2-5,9,18,22-23H2,1H3,(H,37,41). The van der Waals surface area contributed by atoms with Crippen LogP contribution >= 0.6 is 0 Å². The minimum absolute atomic E-state index is 0.151. The van der Waals surface area contributed by atoms with Crippen molar-refractivity contribution >= 4 is 17.7 Å². The largest absolute Gasteiger partial charge is 0.457 e. The van der Waals surface area contributed by atoms with Crippen LogP contribution in [0.25, 0.3) is 5.69 Å². The van der Waals surface area contributed by atoms with Gasteiger partial charge in [-0.3, -0.25) is 0 Å². The zero-order chi connectivity index (χ0) is 29.9. The van der Waals surface area contributed by atoms with Crippen LogP contribution in [0.15, 0.2) is 85.1 Å². The van der Waals surface area contributed by atoms with Crippen LogP contribution in [-0.4, -0.2) is 28.0 Å². The Morgan fingerprint density at radius 2 is 1.55 bits per heavy atom. The number of amides is 2. The summed E-state index contributed by atoms with van der Waals surface area (Å²) in [5.74, 6) is -3.88. The van der Waals surface area contributed by atoms with Gasteiger partial charge in [-0.2, -0.15) is 0 Å². The van der Waals surface area contributed by atoms with Crippen LogP contribution in [0, 0.1) is 17.5 Å². The molecule has 0 radical (unpaired) electrons. The van der Waals surface area contributed by atoms with Gasteiger partial charge in [0.1, 0.15) is 18.1 Å². The van der Waals surface area contributed by atoms with Crippen LogP contribution < -0.4 is 5.32 Å². The molecule has 3 aromatic carbocycles. The van der Waals surface area contributed by atoms with Crippen molar-refractivity contribution < 1.29 is 27.5 Å². The highest BCUT2D eigenvalue weighted by Gasteiger charge is 2.20. The van der Waals surface area contributed by atoms with Crippen molar-refractivity contribution in [1.82, 2.24) is 9.47 Å². The maximum atomic E-state index is 14.3. The molecule has 9 heteroatoms. The van der Waals surface area contributed by atoms with E-state index in [4.69, 9.17) is 4.74 Å². The van der Waals surface area contributed by atoms with Crippen molar-refractivity contribution in [1.29, 1.82) is 0 Å². The van der Waals surface area contributed by atoms with E-state index in [1.165, 1.54) is 4.90 Å². The molecular weight excluding hydrogens is 543 g/mol. The number of esters is 1. The molecule has 4 aromatic rings. The molecule has 42 heavy (non-hydrogen) atoms. The topological polar surface area (TPSA) is 63.6 Å². The molecule has 1 N–H and O–H groups in total. The number of ether oxygens (including phenoxy) is 1. The van der Waals surface area contributed by atoms with Crippen molar-refractivity contribution in [3.63, 3.8) is 0 Å². The molecule has 0 aliphatic heterocycles. The molecule has 0 fully saturated rings. The zero-order valence-corrected chi connectivity index (χ0v) is 23.5. The molecule has 0 spiro atoms. The lowest BCUT2D eigenvalue weighted by Crippen LogP contribution is -2.36. The highest BCUT2D eigenvalue weighted by Crippen LogP contribution is 2.22. The molecule has 0 atom stereocenters. The Morgan fingerprint density at radius 1 is 0.857 bits per heavy atom. The van der Waals surface area contributed by atoms with Gasteiger partial charge in [-0.15, -0.1) is 0 Å². The van der Waals surface area contributed by atoms with Crippen LogP contribution in [0.4, 0.5) is 23.7 Å². The van der Waals surface area contributed by atoms with Crippen molar-refractivity contribution in [3.8, 4) is 5.69 Å². The van der Waals surface area contributed by atoms with E-state index >= 15 is 0 Å². The van der Waals surface area contributed by atoms with Crippen LogP contribution in [0.5, 0.6) is 0 Å². The summed E-state index contributed by atoms with van der Waals surface area (Å²) in [6, 6.07) is 20.3. The van der Waals surface area contributed by atoms with Gasteiger partial charge in [0.25, 0.3) is 0 Å². The predicted molar refractivity (Wildman–Crippen MR) is 156 cm³/mol. The third-order valence-electron chi connectivity index (χ3n) is 6.84. The van der Waals surface area contributed by atoms with E-state index < -0.39 is 35.1 Å². The Balaban J connectivity index is 1.47. The maximum Gasteiger partial charge on any atom is 0.338 e. The molecule has 0 aliphatic rings. The summed E-state index contributed by atoms with van der Waals surface area (Å²) in [4.78, 5) is 27.2. The summed E-state index contributed by atoms with van der Waals surface area (Å²) in [6.07, 6.45) is 6.61. The SMILES string of the molecule is CCCCCCCN(Cc1cccn1-c1ccc(C(=O)OCc2ccccc2)cc1)C(=O)Nc1c(F)cc(F)cc1F. The second-order valence-electron chi connectivity index (χ2n) is 9.99. The van der Waals surface area contributed by atoms with E-state index in [1.54, 1.807) is 24.3 Å². The highest BCUT2D eigenvalue weighted by molar-refractivity contribution is 5.90. The van der Waals surface area contributed by atoms with Crippen molar-refractivity contribution in [2.24, 2.45) is 0 Å². The molecular formula is C33H34F3N3O3. The normalized spacial score (nSPS) is 10.9. The number of halogens is 3. The number of nitrogens with zero attached hydrogens (tertiary/aromatic N) is 2. The first-order chi connectivity index (χ1) is 20.4. The quantitative estimate of drug-likeness (QED) is 0.129. The summed E-state index contributed by atoms with van der Waals surface area (Å²) in [5.41, 5.74) is 2.11. The molecule has 0 aliphatic carbocycles. The molecule has 1 heterocycles. The molecule has 1 aromatic heterocycles. The maximum absolute atomic E-state index is 14.3. The van der Waals surface area contributed by atoms with Gasteiger partial charge >= 0.3 is 12.0 Å². The predicted octanol–water partition coefficient (Wildman–Crippen LogP) is 8.26. The number of unbranched alkanes of at least 4 members (excludes halogenated alkanes) is 4. The van der Waals surface area contributed by atoms with Crippen molar-refractivity contribution in [2.75, 3.05) is 11.9 Å². The summed E-state index contributed by atoms with van der Waals surface area (Å²) in [6.45, 7) is 2.79.